The summed E-state index contributed by atoms with van der Waals surface area (Å²) in [7, 11) is 0. The maximum absolute atomic E-state index is 11.7. The van der Waals surface area contributed by atoms with Crippen molar-refractivity contribution in [2.24, 2.45) is 17.8 Å². The molecule has 90 valence electrons. The maximum atomic E-state index is 11.7. The Morgan fingerprint density at radius 3 is 2.33 bits per heavy atom. The summed E-state index contributed by atoms with van der Waals surface area (Å²) in [6, 6.07) is 0. The Labute approximate surface area is 107 Å². The predicted molar refractivity (Wildman–Crippen MR) is 70.8 cm³/mol. The van der Waals surface area contributed by atoms with Gasteiger partial charge in [-0.25, -0.2) is 0 Å². The molecular formula is C11H22INO2. The predicted octanol–water partition coefficient (Wildman–Crippen LogP) is 2.79. The summed E-state index contributed by atoms with van der Waals surface area (Å²) < 4.78 is 8.13. The second-order valence-electron chi connectivity index (χ2n) is 4.53. The van der Waals surface area contributed by atoms with Crippen LogP contribution in [0.2, 0.25) is 0 Å². The van der Waals surface area contributed by atoms with E-state index in [1.807, 2.05) is 22.9 Å². The van der Waals surface area contributed by atoms with Gasteiger partial charge in [-0.1, -0.05) is 27.7 Å². The fourth-order valence-electron chi connectivity index (χ4n) is 1.45. The van der Waals surface area contributed by atoms with Gasteiger partial charge >= 0.3 is 5.97 Å². The van der Waals surface area contributed by atoms with Gasteiger partial charge in [0.2, 0.25) is 0 Å². The van der Waals surface area contributed by atoms with Gasteiger partial charge in [-0.15, -0.1) is 0 Å². The smallest absolute Gasteiger partial charge is 0.309 e. The lowest BCUT2D eigenvalue weighted by molar-refractivity contribution is -0.150. The monoisotopic (exact) mass is 327 g/mol. The van der Waals surface area contributed by atoms with E-state index in [1.165, 1.54) is 0 Å². The normalized spacial score (nSPS) is 13.3. The number of ether oxygens (including phenoxy) is 1. The van der Waals surface area contributed by atoms with Gasteiger partial charge in [-0.2, -0.15) is 0 Å². The van der Waals surface area contributed by atoms with Crippen molar-refractivity contribution >= 4 is 28.8 Å². The molecule has 0 bridgehead atoms. The highest BCUT2D eigenvalue weighted by Crippen LogP contribution is 2.21. The van der Waals surface area contributed by atoms with Gasteiger partial charge in [0.1, 0.15) is 6.61 Å². The lowest BCUT2D eigenvalue weighted by Gasteiger charge is -2.21. The molecule has 0 amide bonds. The molecular weight excluding hydrogens is 305 g/mol. The van der Waals surface area contributed by atoms with Gasteiger partial charge in [0.25, 0.3) is 0 Å². The first kappa shape index (κ1) is 15.2. The molecule has 0 saturated carbocycles. The average Bonchev–Trinajstić information content (AvgIpc) is 2.13. The molecule has 0 aliphatic heterocycles. The zero-order chi connectivity index (χ0) is 11.8. The third-order valence-corrected chi connectivity index (χ3v) is 2.81. The van der Waals surface area contributed by atoms with Crippen LogP contribution in [0.4, 0.5) is 0 Å². The SMILES string of the molecule is CC(C)CC(C(=O)OCCNI)C(C)C. The molecule has 1 unspecified atom stereocenters. The Morgan fingerprint density at radius 1 is 1.33 bits per heavy atom. The molecule has 3 nitrogen and oxygen atoms in total. The molecule has 0 aromatic rings. The molecule has 0 radical (unpaired) electrons. The molecule has 0 aromatic heterocycles. The molecule has 0 aliphatic carbocycles. The fraction of sp³-hybridized carbons (Fsp3) is 0.909. The molecule has 0 fully saturated rings. The van der Waals surface area contributed by atoms with Crippen LogP contribution in [0.1, 0.15) is 34.1 Å². The van der Waals surface area contributed by atoms with E-state index < -0.39 is 0 Å². The highest BCUT2D eigenvalue weighted by Gasteiger charge is 2.24. The minimum Gasteiger partial charge on any atom is -0.464 e. The van der Waals surface area contributed by atoms with Crippen molar-refractivity contribution < 1.29 is 9.53 Å². The van der Waals surface area contributed by atoms with E-state index in [0.29, 0.717) is 25.0 Å². The van der Waals surface area contributed by atoms with Crippen LogP contribution in [-0.2, 0) is 9.53 Å². The highest BCUT2D eigenvalue weighted by molar-refractivity contribution is 14.1. The van der Waals surface area contributed by atoms with Crippen LogP contribution in [0, 0.1) is 17.8 Å². The minimum absolute atomic E-state index is 0.0409. The van der Waals surface area contributed by atoms with Gasteiger partial charge < -0.3 is 4.74 Å². The van der Waals surface area contributed by atoms with E-state index in [4.69, 9.17) is 4.74 Å². The summed E-state index contributed by atoms with van der Waals surface area (Å²) in [4.78, 5) is 11.7. The van der Waals surface area contributed by atoms with Crippen molar-refractivity contribution in [1.82, 2.24) is 3.53 Å². The van der Waals surface area contributed by atoms with Crippen LogP contribution in [0.5, 0.6) is 0 Å². The minimum atomic E-state index is -0.0506. The molecule has 0 aromatic carbocycles. The second-order valence-corrected chi connectivity index (χ2v) is 5.29. The van der Waals surface area contributed by atoms with Crippen molar-refractivity contribution in [3.05, 3.63) is 0 Å². The Hall–Kier alpha value is 0.160. The Bertz CT molecular complexity index is 183. The fourth-order valence-corrected chi connectivity index (χ4v) is 1.67. The van der Waals surface area contributed by atoms with Crippen LogP contribution in [0.15, 0.2) is 0 Å². The van der Waals surface area contributed by atoms with Gasteiger partial charge in [0.05, 0.1) is 5.92 Å². The van der Waals surface area contributed by atoms with Gasteiger partial charge in [-0.3, -0.25) is 8.32 Å². The first-order valence-corrected chi connectivity index (χ1v) is 6.57. The molecule has 4 heteroatoms. The van der Waals surface area contributed by atoms with Crippen molar-refractivity contribution in [2.45, 2.75) is 34.1 Å². The van der Waals surface area contributed by atoms with Gasteiger partial charge in [0, 0.05) is 29.4 Å². The van der Waals surface area contributed by atoms with Crippen molar-refractivity contribution in [3.8, 4) is 0 Å². The Kier molecular flexibility index (Phi) is 8.42. The topological polar surface area (TPSA) is 38.3 Å². The summed E-state index contributed by atoms with van der Waals surface area (Å²) in [5.41, 5.74) is 0. The molecule has 0 heterocycles. The van der Waals surface area contributed by atoms with Crippen molar-refractivity contribution in [2.75, 3.05) is 13.2 Å². The zero-order valence-electron chi connectivity index (χ0n) is 10.0. The third kappa shape index (κ3) is 7.11. The summed E-state index contributed by atoms with van der Waals surface area (Å²) in [5.74, 6) is 0.879. The number of rotatable bonds is 7. The van der Waals surface area contributed by atoms with Crippen LogP contribution in [0.3, 0.4) is 0 Å². The van der Waals surface area contributed by atoms with E-state index in [9.17, 15) is 4.79 Å². The lowest BCUT2D eigenvalue weighted by atomic mass is 9.88. The molecule has 0 aliphatic rings. The van der Waals surface area contributed by atoms with Crippen LogP contribution in [0.25, 0.3) is 0 Å². The van der Waals surface area contributed by atoms with E-state index in [1.54, 1.807) is 0 Å². The van der Waals surface area contributed by atoms with Crippen LogP contribution >= 0.6 is 22.9 Å². The summed E-state index contributed by atoms with van der Waals surface area (Å²) in [5, 5.41) is 0. The largest absolute Gasteiger partial charge is 0.464 e. The standard InChI is InChI=1S/C11H22INO2/c1-8(2)7-10(9(3)4)11(14)15-6-5-13-12/h8-10,13H,5-7H2,1-4H3. The first-order valence-electron chi connectivity index (χ1n) is 5.49. The van der Waals surface area contributed by atoms with Gasteiger partial charge in [0.15, 0.2) is 0 Å². The third-order valence-electron chi connectivity index (χ3n) is 2.27. The summed E-state index contributed by atoms with van der Waals surface area (Å²) in [6.45, 7) is 9.59. The Morgan fingerprint density at radius 2 is 1.93 bits per heavy atom. The number of halogens is 1. The molecule has 0 spiro atoms. The van der Waals surface area contributed by atoms with Crippen molar-refractivity contribution in [1.29, 1.82) is 0 Å². The zero-order valence-corrected chi connectivity index (χ0v) is 12.2. The van der Waals surface area contributed by atoms with Gasteiger partial charge in [-0.05, 0) is 18.3 Å². The number of carbonyl (C=O) groups is 1. The van der Waals surface area contributed by atoms with Crippen LogP contribution < -0.4 is 3.53 Å². The second kappa shape index (κ2) is 8.33. The summed E-state index contributed by atoms with van der Waals surface area (Å²) >= 11 is 2.04. The number of nitrogens with one attached hydrogen (secondary N) is 1. The lowest BCUT2D eigenvalue weighted by Crippen LogP contribution is -2.26. The number of hydrogen-bond acceptors (Lipinski definition) is 3. The van der Waals surface area contributed by atoms with E-state index >= 15 is 0 Å². The quantitative estimate of drug-likeness (QED) is 0.338. The first-order chi connectivity index (χ1) is 6.99. The van der Waals surface area contributed by atoms with Crippen molar-refractivity contribution in [3.63, 3.8) is 0 Å². The van der Waals surface area contributed by atoms with E-state index in [-0.39, 0.29) is 11.9 Å². The number of carbonyl (C=O) groups excluding carboxylic acids is 1. The molecule has 1 N–H and O–H groups in total. The molecule has 15 heavy (non-hydrogen) atoms. The van der Waals surface area contributed by atoms with E-state index in [0.717, 1.165) is 6.42 Å². The summed E-state index contributed by atoms with van der Waals surface area (Å²) in [6.07, 6.45) is 0.911. The molecule has 0 saturated heterocycles. The van der Waals surface area contributed by atoms with Crippen LogP contribution in [-0.4, -0.2) is 19.1 Å². The van der Waals surface area contributed by atoms with E-state index in [2.05, 4.69) is 31.2 Å². The highest BCUT2D eigenvalue weighted by atomic mass is 127. The number of hydrogen-bond donors (Lipinski definition) is 1. The Balaban J connectivity index is 4.05. The average molecular weight is 327 g/mol. The molecule has 1 atom stereocenters. The maximum Gasteiger partial charge on any atom is 0.309 e. The molecule has 0 rings (SSSR count). The number of esters is 1.